The third-order valence-corrected chi connectivity index (χ3v) is 3.59. The van der Waals surface area contributed by atoms with Crippen LogP contribution in [0.1, 0.15) is 22.5 Å². The van der Waals surface area contributed by atoms with E-state index >= 15 is 0 Å². The number of nitrogens with zero attached hydrogens (tertiary/aromatic N) is 3. The van der Waals surface area contributed by atoms with Gasteiger partial charge in [0.25, 0.3) is 5.91 Å². The first-order chi connectivity index (χ1) is 9.36. The van der Waals surface area contributed by atoms with E-state index < -0.39 is 17.9 Å². The molecule has 1 aliphatic heterocycles. The van der Waals surface area contributed by atoms with Crippen molar-refractivity contribution in [3.63, 3.8) is 0 Å². The van der Waals surface area contributed by atoms with Gasteiger partial charge in [-0.25, -0.2) is 4.79 Å². The van der Waals surface area contributed by atoms with Gasteiger partial charge in [-0.2, -0.15) is 5.10 Å². The number of carboxylic acid groups (broad SMARTS) is 1. The monoisotopic (exact) mass is 282 g/mol. The lowest BCUT2D eigenvalue weighted by molar-refractivity contribution is -0.138. The minimum atomic E-state index is -0.959. The summed E-state index contributed by atoms with van der Waals surface area (Å²) in [4.78, 5) is 24.6. The molecule has 20 heavy (non-hydrogen) atoms. The number of hydrogen-bond acceptors (Lipinski definition) is 5. The maximum atomic E-state index is 11.6. The molecule has 2 heterocycles. The summed E-state index contributed by atoms with van der Waals surface area (Å²) in [6.45, 7) is 2.05. The van der Waals surface area contributed by atoms with E-state index in [9.17, 15) is 14.7 Å². The predicted octanol–water partition coefficient (Wildman–Crippen LogP) is -0.494. The Balaban J connectivity index is 2.49. The van der Waals surface area contributed by atoms with Gasteiger partial charge in [-0.15, -0.1) is 0 Å². The summed E-state index contributed by atoms with van der Waals surface area (Å²) in [5.74, 6) is -1.14. The SMILES string of the molecule is COC1CC(C(=O)O)N(c2c(C(N)=O)c(C)nn2C)C1. The van der Waals surface area contributed by atoms with Gasteiger partial charge in [0, 0.05) is 27.1 Å². The van der Waals surface area contributed by atoms with Gasteiger partial charge >= 0.3 is 5.97 Å². The lowest BCUT2D eigenvalue weighted by Crippen LogP contribution is -2.38. The van der Waals surface area contributed by atoms with Crippen LogP contribution in [-0.4, -0.2) is 52.6 Å². The third-order valence-electron chi connectivity index (χ3n) is 3.59. The molecule has 0 bridgehead atoms. The molecule has 1 saturated heterocycles. The smallest absolute Gasteiger partial charge is 0.326 e. The normalized spacial score (nSPS) is 22.2. The number of carboxylic acids is 1. The van der Waals surface area contributed by atoms with Gasteiger partial charge < -0.3 is 20.5 Å². The van der Waals surface area contributed by atoms with Crippen molar-refractivity contribution in [2.75, 3.05) is 18.6 Å². The summed E-state index contributed by atoms with van der Waals surface area (Å²) < 4.78 is 6.73. The van der Waals surface area contributed by atoms with Crippen LogP contribution in [0.4, 0.5) is 5.82 Å². The number of carbonyl (C=O) groups is 2. The Bertz CT molecular complexity index is 554. The molecule has 0 aromatic carbocycles. The van der Waals surface area contributed by atoms with Crippen molar-refractivity contribution >= 4 is 17.7 Å². The van der Waals surface area contributed by atoms with E-state index in [2.05, 4.69) is 5.10 Å². The van der Waals surface area contributed by atoms with Crippen LogP contribution in [0.3, 0.4) is 0 Å². The molecule has 3 N–H and O–H groups in total. The average Bonchev–Trinajstić information content (AvgIpc) is 2.89. The van der Waals surface area contributed by atoms with Crippen molar-refractivity contribution in [2.45, 2.75) is 25.5 Å². The molecule has 1 fully saturated rings. The van der Waals surface area contributed by atoms with E-state index in [-0.39, 0.29) is 11.7 Å². The van der Waals surface area contributed by atoms with Gasteiger partial charge in [-0.05, 0) is 6.92 Å². The van der Waals surface area contributed by atoms with Crippen molar-refractivity contribution in [2.24, 2.45) is 12.8 Å². The lowest BCUT2D eigenvalue weighted by Gasteiger charge is -2.24. The Morgan fingerprint density at radius 1 is 1.50 bits per heavy atom. The van der Waals surface area contributed by atoms with Gasteiger partial charge in [0.05, 0.1) is 11.8 Å². The van der Waals surface area contributed by atoms with Crippen LogP contribution >= 0.6 is 0 Å². The van der Waals surface area contributed by atoms with E-state index in [1.165, 1.54) is 11.8 Å². The zero-order valence-electron chi connectivity index (χ0n) is 11.7. The molecule has 1 amide bonds. The number of amides is 1. The van der Waals surface area contributed by atoms with Crippen molar-refractivity contribution in [1.82, 2.24) is 9.78 Å². The molecule has 8 nitrogen and oxygen atoms in total. The largest absolute Gasteiger partial charge is 0.480 e. The van der Waals surface area contributed by atoms with E-state index in [1.54, 1.807) is 18.9 Å². The molecule has 1 aliphatic rings. The molecule has 1 aromatic heterocycles. The number of nitrogens with two attached hydrogens (primary N) is 1. The minimum absolute atomic E-state index is 0.202. The van der Waals surface area contributed by atoms with Crippen LogP contribution in [-0.2, 0) is 16.6 Å². The fourth-order valence-electron chi connectivity index (χ4n) is 2.70. The number of anilines is 1. The van der Waals surface area contributed by atoms with Crippen LogP contribution in [0.15, 0.2) is 0 Å². The Morgan fingerprint density at radius 2 is 2.15 bits per heavy atom. The summed E-state index contributed by atoms with van der Waals surface area (Å²) in [6, 6.07) is -0.757. The first-order valence-electron chi connectivity index (χ1n) is 6.22. The Morgan fingerprint density at radius 3 is 2.65 bits per heavy atom. The molecule has 0 spiro atoms. The zero-order valence-corrected chi connectivity index (χ0v) is 11.7. The number of ether oxygens (including phenoxy) is 1. The Hall–Kier alpha value is -2.09. The number of primary amides is 1. The number of carbonyl (C=O) groups excluding carboxylic acids is 1. The topological polar surface area (TPSA) is 111 Å². The quantitative estimate of drug-likeness (QED) is 0.770. The second kappa shape index (κ2) is 5.12. The maximum Gasteiger partial charge on any atom is 0.326 e. The molecule has 0 saturated carbocycles. The zero-order chi connectivity index (χ0) is 15.0. The summed E-state index contributed by atoms with van der Waals surface area (Å²) in [5, 5.41) is 13.5. The fraction of sp³-hybridized carbons (Fsp3) is 0.583. The highest BCUT2D eigenvalue weighted by molar-refractivity contribution is 5.99. The molecular weight excluding hydrogens is 264 g/mol. The van der Waals surface area contributed by atoms with E-state index in [0.717, 1.165) is 0 Å². The Kier molecular flexibility index (Phi) is 3.67. The van der Waals surface area contributed by atoms with Crippen LogP contribution < -0.4 is 10.6 Å². The average molecular weight is 282 g/mol. The highest BCUT2D eigenvalue weighted by Crippen LogP contribution is 2.31. The number of rotatable bonds is 4. The lowest BCUT2D eigenvalue weighted by atomic mass is 10.2. The van der Waals surface area contributed by atoms with Crippen LogP contribution in [0.25, 0.3) is 0 Å². The van der Waals surface area contributed by atoms with Crippen molar-refractivity contribution < 1.29 is 19.4 Å². The molecule has 0 aliphatic carbocycles. The second-order valence-electron chi connectivity index (χ2n) is 4.87. The predicted molar refractivity (Wildman–Crippen MR) is 70.6 cm³/mol. The van der Waals surface area contributed by atoms with Gasteiger partial charge in [-0.1, -0.05) is 0 Å². The van der Waals surface area contributed by atoms with Crippen molar-refractivity contribution in [1.29, 1.82) is 0 Å². The molecule has 2 unspecified atom stereocenters. The highest BCUT2D eigenvalue weighted by Gasteiger charge is 2.40. The summed E-state index contributed by atoms with van der Waals surface area (Å²) in [7, 11) is 3.20. The molecule has 2 atom stereocenters. The molecule has 0 radical (unpaired) electrons. The van der Waals surface area contributed by atoms with Gasteiger partial charge in [0.1, 0.15) is 17.4 Å². The second-order valence-corrected chi connectivity index (χ2v) is 4.87. The first kappa shape index (κ1) is 14.3. The maximum absolute atomic E-state index is 11.6. The molecule has 2 rings (SSSR count). The first-order valence-corrected chi connectivity index (χ1v) is 6.22. The summed E-state index contributed by atoms with van der Waals surface area (Å²) in [6.07, 6.45) is 0.154. The number of aromatic nitrogens is 2. The standard InChI is InChI=1S/C12H18N4O4/c1-6-9(10(13)17)11(15(2)14-6)16-5-7(20-3)4-8(16)12(18)19/h7-8H,4-5H2,1-3H3,(H2,13,17)(H,18,19). The number of aliphatic carboxylic acids is 1. The Labute approximate surface area is 116 Å². The van der Waals surface area contributed by atoms with E-state index in [0.29, 0.717) is 24.5 Å². The van der Waals surface area contributed by atoms with Crippen LogP contribution in [0.5, 0.6) is 0 Å². The van der Waals surface area contributed by atoms with Gasteiger partial charge in [0.2, 0.25) is 0 Å². The third kappa shape index (κ3) is 2.22. The minimum Gasteiger partial charge on any atom is -0.480 e. The number of hydrogen-bond donors (Lipinski definition) is 2. The molecule has 8 heteroatoms. The number of aryl methyl sites for hydroxylation is 2. The van der Waals surface area contributed by atoms with E-state index in [4.69, 9.17) is 10.5 Å². The molecule has 1 aromatic rings. The molecular formula is C12H18N4O4. The van der Waals surface area contributed by atoms with Crippen LogP contribution in [0.2, 0.25) is 0 Å². The van der Waals surface area contributed by atoms with Crippen molar-refractivity contribution in [3.8, 4) is 0 Å². The van der Waals surface area contributed by atoms with Gasteiger partial charge in [-0.3, -0.25) is 9.48 Å². The van der Waals surface area contributed by atoms with Crippen molar-refractivity contribution in [3.05, 3.63) is 11.3 Å². The molecule has 110 valence electrons. The summed E-state index contributed by atoms with van der Waals surface area (Å²) >= 11 is 0. The van der Waals surface area contributed by atoms with Crippen LogP contribution in [0, 0.1) is 6.92 Å². The number of methoxy groups -OCH3 is 1. The highest BCUT2D eigenvalue weighted by atomic mass is 16.5. The summed E-state index contributed by atoms with van der Waals surface area (Å²) in [5.41, 5.74) is 6.13. The van der Waals surface area contributed by atoms with Gasteiger partial charge in [0.15, 0.2) is 0 Å². The fourth-order valence-corrected chi connectivity index (χ4v) is 2.70. The van der Waals surface area contributed by atoms with E-state index in [1.807, 2.05) is 0 Å².